The van der Waals surface area contributed by atoms with E-state index < -0.39 is 5.76 Å². The third-order valence-corrected chi connectivity index (χ3v) is 8.95. The number of morpholine rings is 1. The predicted octanol–water partition coefficient (Wildman–Crippen LogP) is 6.55. The van der Waals surface area contributed by atoms with Crippen molar-refractivity contribution < 1.29 is 9.26 Å². The normalized spacial score (nSPS) is 21.0. The summed E-state index contributed by atoms with van der Waals surface area (Å²) in [4.78, 5) is 31.6. The summed E-state index contributed by atoms with van der Waals surface area (Å²) in [5.41, 5.74) is 3.72. The Kier molecular flexibility index (Phi) is 7.67. The first kappa shape index (κ1) is 28.1. The fourth-order valence-electron chi connectivity index (χ4n) is 6.30. The van der Waals surface area contributed by atoms with E-state index >= 15 is 0 Å². The van der Waals surface area contributed by atoms with Gasteiger partial charge in [-0.05, 0) is 48.4 Å². The van der Waals surface area contributed by atoms with Crippen LogP contribution >= 0.6 is 23.2 Å². The van der Waals surface area contributed by atoms with Crippen molar-refractivity contribution in [1.82, 2.24) is 29.7 Å². The van der Waals surface area contributed by atoms with Gasteiger partial charge in [-0.3, -0.25) is 9.51 Å². The number of ether oxygens (including phenoxy) is 1. The minimum Gasteiger partial charge on any atom is -0.377 e. The van der Waals surface area contributed by atoms with E-state index in [-0.39, 0.29) is 17.7 Å². The third-order valence-electron chi connectivity index (χ3n) is 8.52. The van der Waals surface area contributed by atoms with Crippen LogP contribution in [0, 0.1) is 11.8 Å². The first-order valence-corrected chi connectivity index (χ1v) is 15.4. The number of fused-ring (bicyclic) bond motifs is 1. The Morgan fingerprint density at radius 2 is 1.77 bits per heavy atom. The number of imidazole rings is 1. The molecule has 1 atom stereocenters. The topological polar surface area (TPSA) is 115 Å². The van der Waals surface area contributed by atoms with Crippen LogP contribution in [-0.2, 0) is 11.3 Å². The monoisotopic (exact) mass is 619 g/mol. The van der Waals surface area contributed by atoms with Gasteiger partial charge in [0.2, 0.25) is 17.6 Å². The van der Waals surface area contributed by atoms with Crippen LogP contribution < -0.4 is 10.7 Å². The van der Waals surface area contributed by atoms with Gasteiger partial charge in [0.05, 0.1) is 19.3 Å². The molecule has 0 radical (unpaired) electrons. The SMILES string of the molecule is C[C@H]1CC[C@H](Cn2c(N3CCOC[C@H]3c3ccccc3)nc3nc(-c4noc(=O)[nH]4)nc(-c4cc(Cl)cc(Cl)c4)c32)CC1. The lowest BCUT2D eigenvalue weighted by molar-refractivity contribution is 0.0927. The maximum Gasteiger partial charge on any atom is 0.439 e. The highest BCUT2D eigenvalue weighted by Crippen LogP contribution is 2.39. The van der Waals surface area contributed by atoms with Gasteiger partial charge in [-0.25, -0.2) is 14.8 Å². The number of rotatable bonds is 6. The maximum absolute atomic E-state index is 11.8. The molecule has 7 rings (SSSR count). The van der Waals surface area contributed by atoms with Crippen molar-refractivity contribution in [3.05, 3.63) is 74.7 Å². The lowest BCUT2D eigenvalue weighted by Gasteiger charge is -2.37. The Balaban J connectivity index is 1.47. The molecule has 0 unspecified atom stereocenters. The van der Waals surface area contributed by atoms with Crippen molar-refractivity contribution in [3.63, 3.8) is 0 Å². The Bertz CT molecular complexity index is 1790. The Morgan fingerprint density at radius 1 is 1.00 bits per heavy atom. The molecule has 12 heteroatoms. The van der Waals surface area contributed by atoms with Gasteiger partial charge in [-0.2, -0.15) is 4.98 Å². The summed E-state index contributed by atoms with van der Waals surface area (Å²) in [7, 11) is 0. The second-order valence-corrected chi connectivity index (χ2v) is 12.4. The summed E-state index contributed by atoms with van der Waals surface area (Å²) >= 11 is 13.0. The van der Waals surface area contributed by atoms with Gasteiger partial charge in [0.25, 0.3) is 0 Å². The molecular weight excluding hydrogens is 589 g/mol. The molecule has 2 aromatic carbocycles. The van der Waals surface area contributed by atoms with E-state index in [9.17, 15) is 4.79 Å². The van der Waals surface area contributed by atoms with Crippen LogP contribution in [0.2, 0.25) is 10.0 Å². The van der Waals surface area contributed by atoms with Crippen molar-refractivity contribution in [3.8, 4) is 22.9 Å². The van der Waals surface area contributed by atoms with Gasteiger partial charge >= 0.3 is 5.76 Å². The molecule has 0 spiro atoms. The van der Waals surface area contributed by atoms with Crippen LogP contribution in [0.25, 0.3) is 34.1 Å². The zero-order chi connectivity index (χ0) is 29.5. The van der Waals surface area contributed by atoms with E-state index in [2.05, 4.69) is 38.7 Å². The first-order chi connectivity index (χ1) is 20.9. The number of halogens is 2. The standard InChI is InChI=1S/C31H31Cl2N7O3/c1-18-7-9-19(10-8-18)16-40-26-25(21-13-22(32)15-23(33)14-21)34-28(29-37-31(41)43-38-29)35-27(26)36-30(40)39-11-12-42-17-24(39)20-5-3-2-4-6-20/h2-6,13-15,18-19,24H,7-12,16-17H2,1H3,(H,37,38,41)/t18-,19-,24-/m0/s1. The number of anilines is 1. The molecule has 2 aliphatic rings. The second-order valence-electron chi connectivity index (χ2n) is 11.5. The van der Waals surface area contributed by atoms with Crippen LogP contribution in [0.4, 0.5) is 5.95 Å². The highest BCUT2D eigenvalue weighted by molar-refractivity contribution is 6.35. The molecule has 1 saturated carbocycles. The van der Waals surface area contributed by atoms with Crippen LogP contribution in [0.3, 0.4) is 0 Å². The smallest absolute Gasteiger partial charge is 0.377 e. The molecule has 5 aromatic rings. The summed E-state index contributed by atoms with van der Waals surface area (Å²) in [6.45, 7) is 4.89. The molecule has 4 heterocycles. The molecule has 222 valence electrons. The van der Waals surface area contributed by atoms with E-state index in [1.54, 1.807) is 6.07 Å². The highest BCUT2D eigenvalue weighted by Gasteiger charge is 2.32. The first-order valence-electron chi connectivity index (χ1n) is 14.6. The molecule has 1 N–H and O–H groups in total. The molecule has 1 aliphatic carbocycles. The van der Waals surface area contributed by atoms with Crippen LogP contribution in [0.5, 0.6) is 0 Å². The highest BCUT2D eigenvalue weighted by atomic mass is 35.5. The summed E-state index contributed by atoms with van der Waals surface area (Å²) in [6, 6.07) is 15.7. The third kappa shape index (κ3) is 5.67. The van der Waals surface area contributed by atoms with Crippen molar-refractivity contribution in [2.45, 2.75) is 45.2 Å². The summed E-state index contributed by atoms with van der Waals surface area (Å²) in [5, 5.41) is 4.82. The number of nitrogens with one attached hydrogen (secondary N) is 1. The number of H-pyrrole nitrogens is 1. The van der Waals surface area contributed by atoms with Gasteiger partial charge in [-0.15, -0.1) is 0 Å². The largest absolute Gasteiger partial charge is 0.439 e. The molecule has 0 bridgehead atoms. The average molecular weight is 621 g/mol. The lowest BCUT2D eigenvalue weighted by atomic mass is 9.83. The zero-order valence-corrected chi connectivity index (χ0v) is 25.2. The number of nitrogens with zero attached hydrogens (tertiary/aromatic N) is 6. The summed E-state index contributed by atoms with van der Waals surface area (Å²) in [5.74, 6) is 1.63. The summed E-state index contributed by atoms with van der Waals surface area (Å²) in [6.07, 6.45) is 4.69. The van der Waals surface area contributed by atoms with Crippen molar-refractivity contribution in [2.75, 3.05) is 24.7 Å². The minimum atomic E-state index is -0.692. The van der Waals surface area contributed by atoms with Gasteiger partial charge in [0.15, 0.2) is 5.65 Å². The lowest BCUT2D eigenvalue weighted by Crippen LogP contribution is -2.41. The number of hydrogen-bond acceptors (Lipinski definition) is 8. The van der Waals surface area contributed by atoms with E-state index in [1.165, 1.54) is 12.8 Å². The minimum absolute atomic E-state index is 0.0275. The van der Waals surface area contributed by atoms with E-state index in [4.69, 9.17) is 47.4 Å². The Labute approximate surface area is 258 Å². The van der Waals surface area contributed by atoms with Gasteiger partial charge < -0.3 is 14.2 Å². The number of benzene rings is 2. The maximum atomic E-state index is 11.8. The number of aromatic amines is 1. The van der Waals surface area contributed by atoms with Gasteiger partial charge in [0.1, 0.15) is 11.2 Å². The van der Waals surface area contributed by atoms with Crippen molar-refractivity contribution in [2.24, 2.45) is 11.8 Å². The average Bonchev–Trinajstić information content (AvgIpc) is 3.61. The fraction of sp³-hybridized carbons (Fsp3) is 0.387. The molecule has 10 nitrogen and oxygen atoms in total. The van der Waals surface area contributed by atoms with Gasteiger partial charge in [0, 0.05) is 28.7 Å². The molecule has 1 aliphatic heterocycles. The molecule has 2 fully saturated rings. The Hall–Kier alpha value is -3.73. The van der Waals surface area contributed by atoms with E-state index in [1.807, 2.05) is 30.3 Å². The Morgan fingerprint density at radius 3 is 2.49 bits per heavy atom. The molecule has 3 aromatic heterocycles. The predicted molar refractivity (Wildman–Crippen MR) is 165 cm³/mol. The number of aromatic nitrogens is 6. The van der Waals surface area contributed by atoms with E-state index in [0.717, 1.165) is 42.3 Å². The van der Waals surface area contributed by atoms with Crippen LogP contribution in [0.1, 0.15) is 44.2 Å². The number of hydrogen-bond donors (Lipinski definition) is 1. The van der Waals surface area contributed by atoms with E-state index in [0.29, 0.717) is 52.6 Å². The molecule has 43 heavy (non-hydrogen) atoms. The van der Waals surface area contributed by atoms with Crippen molar-refractivity contribution in [1.29, 1.82) is 0 Å². The molecule has 1 saturated heterocycles. The fourth-order valence-corrected chi connectivity index (χ4v) is 6.83. The van der Waals surface area contributed by atoms with Crippen molar-refractivity contribution >= 4 is 40.3 Å². The van der Waals surface area contributed by atoms with Crippen LogP contribution in [0.15, 0.2) is 57.8 Å². The molecule has 0 amide bonds. The molecular formula is C31H31Cl2N7O3. The van der Waals surface area contributed by atoms with Gasteiger partial charge in [-0.1, -0.05) is 78.5 Å². The summed E-state index contributed by atoms with van der Waals surface area (Å²) < 4.78 is 13.0. The van der Waals surface area contributed by atoms with Crippen LogP contribution in [-0.4, -0.2) is 49.4 Å². The quantitative estimate of drug-likeness (QED) is 0.227. The zero-order valence-electron chi connectivity index (χ0n) is 23.7. The second kappa shape index (κ2) is 11.7.